The highest BCUT2D eigenvalue weighted by molar-refractivity contribution is 6.31. The molecule has 4 nitrogen and oxygen atoms in total. The summed E-state index contributed by atoms with van der Waals surface area (Å²) < 4.78 is 5.84. The summed E-state index contributed by atoms with van der Waals surface area (Å²) >= 11 is 11.8. The van der Waals surface area contributed by atoms with Gasteiger partial charge in [0, 0.05) is 25.0 Å². The molecule has 104 valence electrons. The van der Waals surface area contributed by atoms with E-state index in [1.807, 2.05) is 0 Å². The Balaban J connectivity index is 1.98. The van der Waals surface area contributed by atoms with Gasteiger partial charge in [0.15, 0.2) is 0 Å². The van der Waals surface area contributed by atoms with Crippen molar-refractivity contribution in [3.63, 3.8) is 0 Å². The molecule has 2 heterocycles. The summed E-state index contributed by atoms with van der Waals surface area (Å²) in [6.07, 6.45) is 4.94. The first-order chi connectivity index (χ1) is 9.08. The highest BCUT2D eigenvalue weighted by Crippen LogP contribution is 2.25. The number of ether oxygens (including phenoxy) is 1. The molecule has 1 aromatic heterocycles. The molecule has 6 heteroatoms. The molecule has 2 atom stereocenters. The largest absolute Gasteiger partial charge is 0.487 e. The number of halogens is 2. The number of hydrogen-bond donors (Lipinski definition) is 0. The Bertz CT molecular complexity index is 454. The van der Waals surface area contributed by atoms with Crippen molar-refractivity contribution in [3.8, 4) is 5.75 Å². The van der Waals surface area contributed by atoms with Gasteiger partial charge in [-0.15, -0.1) is 11.6 Å². The van der Waals surface area contributed by atoms with Gasteiger partial charge in [-0.2, -0.15) is 0 Å². The van der Waals surface area contributed by atoms with Crippen molar-refractivity contribution in [3.05, 3.63) is 23.5 Å². The summed E-state index contributed by atoms with van der Waals surface area (Å²) in [5.41, 5.74) is 0. The molecule has 1 fully saturated rings. The number of piperidine rings is 1. The molecule has 1 amide bonds. The van der Waals surface area contributed by atoms with E-state index in [4.69, 9.17) is 27.9 Å². The van der Waals surface area contributed by atoms with E-state index in [2.05, 4.69) is 4.98 Å². The van der Waals surface area contributed by atoms with Crippen molar-refractivity contribution < 1.29 is 9.53 Å². The number of amides is 1. The predicted molar refractivity (Wildman–Crippen MR) is 74.8 cm³/mol. The number of nitrogens with zero attached hydrogens (tertiary/aromatic N) is 2. The summed E-state index contributed by atoms with van der Waals surface area (Å²) in [5.74, 6) is 0.561. The monoisotopic (exact) mass is 302 g/mol. The third kappa shape index (κ3) is 3.74. The van der Waals surface area contributed by atoms with Crippen LogP contribution in [0.1, 0.15) is 19.8 Å². The van der Waals surface area contributed by atoms with E-state index in [1.54, 1.807) is 30.3 Å². The van der Waals surface area contributed by atoms with Crippen molar-refractivity contribution in [2.45, 2.75) is 31.2 Å². The van der Waals surface area contributed by atoms with Crippen molar-refractivity contribution >= 4 is 29.1 Å². The lowest BCUT2D eigenvalue weighted by atomic mass is 10.1. The average Bonchev–Trinajstić information content (AvgIpc) is 2.41. The van der Waals surface area contributed by atoms with Crippen molar-refractivity contribution in [2.75, 3.05) is 13.1 Å². The summed E-state index contributed by atoms with van der Waals surface area (Å²) in [7, 11) is 0. The molecule has 0 saturated carbocycles. The van der Waals surface area contributed by atoms with Gasteiger partial charge in [-0.1, -0.05) is 11.6 Å². The summed E-state index contributed by atoms with van der Waals surface area (Å²) in [6.45, 7) is 2.97. The molecule has 2 unspecified atom stereocenters. The molecule has 0 radical (unpaired) electrons. The lowest BCUT2D eigenvalue weighted by Gasteiger charge is -2.33. The third-order valence-corrected chi connectivity index (χ3v) is 3.53. The Morgan fingerprint density at radius 3 is 3.11 bits per heavy atom. The zero-order valence-corrected chi connectivity index (χ0v) is 12.2. The molecular weight excluding hydrogens is 287 g/mol. The van der Waals surface area contributed by atoms with Gasteiger partial charge in [-0.3, -0.25) is 9.78 Å². The highest BCUT2D eigenvalue weighted by atomic mass is 35.5. The first kappa shape index (κ1) is 14.4. The van der Waals surface area contributed by atoms with Crippen LogP contribution in [-0.4, -0.2) is 40.4 Å². The molecular formula is C13H16Cl2N2O2. The quantitative estimate of drug-likeness (QED) is 0.806. The molecule has 0 aliphatic carbocycles. The second-order valence-corrected chi connectivity index (χ2v) is 5.65. The van der Waals surface area contributed by atoms with Gasteiger partial charge in [0.05, 0.1) is 6.54 Å². The fraction of sp³-hybridized carbons (Fsp3) is 0.538. The van der Waals surface area contributed by atoms with Gasteiger partial charge in [0.2, 0.25) is 5.91 Å². The predicted octanol–water partition coefficient (Wildman–Crippen LogP) is 2.73. The number of aromatic nitrogens is 1. The summed E-state index contributed by atoms with van der Waals surface area (Å²) in [6, 6.07) is 1.73. The minimum Gasteiger partial charge on any atom is -0.487 e. The molecule has 0 bridgehead atoms. The van der Waals surface area contributed by atoms with Crippen molar-refractivity contribution in [1.29, 1.82) is 0 Å². The Morgan fingerprint density at radius 2 is 2.42 bits per heavy atom. The molecule has 1 aromatic rings. The van der Waals surface area contributed by atoms with Gasteiger partial charge in [0.25, 0.3) is 0 Å². The molecule has 0 N–H and O–H groups in total. The maximum absolute atomic E-state index is 11.9. The second kappa shape index (κ2) is 6.44. The van der Waals surface area contributed by atoms with Crippen LogP contribution < -0.4 is 4.74 Å². The van der Waals surface area contributed by atoms with Crippen LogP contribution in [0.2, 0.25) is 5.02 Å². The van der Waals surface area contributed by atoms with Crippen LogP contribution in [0.15, 0.2) is 18.5 Å². The smallest absolute Gasteiger partial charge is 0.240 e. The van der Waals surface area contributed by atoms with Gasteiger partial charge in [-0.25, -0.2) is 0 Å². The van der Waals surface area contributed by atoms with E-state index >= 15 is 0 Å². The molecule has 19 heavy (non-hydrogen) atoms. The van der Waals surface area contributed by atoms with Crippen LogP contribution in [0, 0.1) is 0 Å². The third-order valence-electron chi connectivity index (χ3n) is 3.06. The van der Waals surface area contributed by atoms with Crippen LogP contribution >= 0.6 is 23.2 Å². The van der Waals surface area contributed by atoms with E-state index in [0.29, 0.717) is 17.3 Å². The van der Waals surface area contributed by atoms with E-state index in [9.17, 15) is 4.79 Å². The number of carbonyl (C=O) groups excluding carboxylic acids is 1. The maximum Gasteiger partial charge on any atom is 0.240 e. The van der Waals surface area contributed by atoms with E-state index in [1.165, 1.54) is 0 Å². The first-order valence-electron chi connectivity index (χ1n) is 6.27. The molecule has 0 spiro atoms. The molecule has 1 saturated heterocycles. The lowest BCUT2D eigenvalue weighted by Crippen LogP contribution is -2.46. The molecule has 2 rings (SSSR count). The number of alkyl halides is 1. The standard InChI is InChI=1S/C13H16Cl2N2O2/c1-9(14)13(18)17-6-2-3-10(8-17)19-12-4-5-16-7-11(12)15/h4-5,7,9-10H,2-3,6,8H2,1H3. The van der Waals surface area contributed by atoms with Gasteiger partial charge < -0.3 is 9.64 Å². The number of pyridine rings is 1. The summed E-state index contributed by atoms with van der Waals surface area (Å²) in [5, 5.41) is -0.0140. The van der Waals surface area contributed by atoms with Crippen LogP contribution in [0.25, 0.3) is 0 Å². The Hall–Kier alpha value is -1.00. The number of carbonyl (C=O) groups is 1. The van der Waals surface area contributed by atoms with Gasteiger partial charge in [-0.05, 0) is 19.8 Å². The van der Waals surface area contributed by atoms with Gasteiger partial charge in [0.1, 0.15) is 22.3 Å². The molecule has 1 aliphatic rings. The highest BCUT2D eigenvalue weighted by Gasteiger charge is 2.27. The summed E-state index contributed by atoms with van der Waals surface area (Å²) in [4.78, 5) is 17.5. The Morgan fingerprint density at radius 1 is 1.63 bits per heavy atom. The SMILES string of the molecule is CC(Cl)C(=O)N1CCCC(Oc2ccncc2Cl)C1. The number of rotatable bonds is 3. The van der Waals surface area contributed by atoms with Crippen LogP contribution in [0.5, 0.6) is 5.75 Å². The Kier molecular flexibility index (Phi) is 4.88. The zero-order chi connectivity index (χ0) is 13.8. The van der Waals surface area contributed by atoms with Crippen LogP contribution in [0.4, 0.5) is 0 Å². The zero-order valence-electron chi connectivity index (χ0n) is 10.7. The fourth-order valence-corrected chi connectivity index (χ4v) is 2.43. The fourth-order valence-electron chi connectivity index (χ4n) is 2.12. The van der Waals surface area contributed by atoms with Crippen molar-refractivity contribution in [2.24, 2.45) is 0 Å². The number of hydrogen-bond acceptors (Lipinski definition) is 3. The minimum atomic E-state index is -0.497. The maximum atomic E-state index is 11.9. The van der Waals surface area contributed by atoms with Gasteiger partial charge >= 0.3 is 0 Å². The second-order valence-electron chi connectivity index (χ2n) is 4.59. The normalized spacial score (nSPS) is 21.0. The van der Waals surface area contributed by atoms with E-state index < -0.39 is 5.38 Å². The van der Waals surface area contributed by atoms with Crippen molar-refractivity contribution in [1.82, 2.24) is 9.88 Å². The lowest BCUT2D eigenvalue weighted by molar-refractivity contribution is -0.133. The van der Waals surface area contributed by atoms with E-state index in [-0.39, 0.29) is 12.0 Å². The minimum absolute atomic E-state index is 0.0456. The number of likely N-dealkylation sites (tertiary alicyclic amines) is 1. The molecule has 1 aliphatic heterocycles. The Labute approximate surface area is 122 Å². The first-order valence-corrected chi connectivity index (χ1v) is 7.08. The topological polar surface area (TPSA) is 42.4 Å². The average molecular weight is 303 g/mol. The van der Waals surface area contributed by atoms with Crippen LogP contribution in [0.3, 0.4) is 0 Å². The molecule has 0 aromatic carbocycles. The van der Waals surface area contributed by atoms with E-state index in [0.717, 1.165) is 19.4 Å². The van der Waals surface area contributed by atoms with Crippen LogP contribution in [-0.2, 0) is 4.79 Å².